The van der Waals surface area contributed by atoms with Gasteiger partial charge in [-0.1, -0.05) is 18.2 Å². The van der Waals surface area contributed by atoms with Crippen molar-refractivity contribution in [1.29, 1.82) is 0 Å². The molecule has 0 aliphatic rings. The lowest BCUT2D eigenvalue weighted by atomic mass is 10.1. The third-order valence-electron chi connectivity index (χ3n) is 1.60. The van der Waals surface area contributed by atoms with Crippen molar-refractivity contribution < 1.29 is 4.79 Å². The van der Waals surface area contributed by atoms with Crippen molar-refractivity contribution in [1.82, 2.24) is 5.32 Å². The van der Waals surface area contributed by atoms with Crippen LogP contribution in [0.2, 0.25) is 0 Å². The van der Waals surface area contributed by atoms with E-state index in [1.54, 1.807) is 6.92 Å². The Bertz CT molecular complexity index is 281. The van der Waals surface area contributed by atoms with Crippen LogP contribution in [0.1, 0.15) is 22.8 Å². The van der Waals surface area contributed by atoms with Gasteiger partial charge in [0.1, 0.15) is 0 Å². The predicted molar refractivity (Wildman–Crippen MR) is 48.9 cm³/mol. The number of nitrogens with one attached hydrogen (secondary N) is 1. The molecule has 0 unspecified atom stereocenters. The van der Waals surface area contributed by atoms with Gasteiger partial charge in [0.2, 0.25) is 0 Å². The Balaban J connectivity index is 2.88. The molecule has 1 radical (unpaired) electrons. The highest BCUT2D eigenvalue weighted by Crippen LogP contribution is 2.06. The lowest BCUT2D eigenvalue weighted by Crippen LogP contribution is -2.02. The second-order valence-electron chi connectivity index (χ2n) is 2.61. The summed E-state index contributed by atoms with van der Waals surface area (Å²) in [4.78, 5) is 11.0. The fraction of sp³-hybridized carbons (Fsp3) is 0.200. The van der Waals surface area contributed by atoms with Gasteiger partial charge in [-0.2, -0.15) is 0 Å². The molecule has 0 aliphatic heterocycles. The van der Waals surface area contributed by atoms with Crippen LogP contribution >= 0.6 is 0 Å². The van der Waals surface area contributed by atoms with Gasteiger partial charge in [-0.15, -0.1) is 0 Å². The molecule has 1 N–H and O–H groups in total. The minimum absolute atomic E-state index is 0.0985. The van der Waals surface area contributed by atoms with Crippen molar-refractivity contribution in [3.05, 3.63) is 41.9 Å². The van der Waals surface area contributed by atoms with E-state index in [4.69, 9.17) is 0 Å². The largest absolute Gasteiger partial charge is 0.311 e. The van der Waals surface area contributed by atoms with Gasteiger partial charge in [0.15, 0.2) is 5.78 Å². The molecule has 1 aromatic carbocycles. The van der Waals surface area contributed by atoms with Crippen molar-refractivity contribution in [2.75, 3.05) is 7.05 Å². The van der Waals surface area contributed by atoms with Gasteiger partial charge in [-0.3, -0.25) is 4.79 Å². The van der Waals surface area contributed by atoms with E-state index in [1.165, 1.54) is 0 Å². The molecule has 2 nitrogen and oxygen atoms in total. The molecule has 0 spiro atoms. The summed E-state index contributed by atoms with van der Waals surface area (Å²) in [7, 11) is 1.83. The Labute approximate surface area is 72.6 Å². The van der Waals surface area contributed by atoms with Crippen LogP contribution in [0.4, 0.5) is 0 Å². The monoisotopic (exact) mass is 162 g/mol. The molecule has 63 valence electrons. The van der Waals surface area contributed by atoms with E-state index in [0.717, 1.165) is 11.1 Å². The Kier molecular flexibility index (Phi) is 3.00. The van der Waals surface area contributed by atoms with Crippen LogP contribution in [-0.2, 0) is 0 Å². The predicted octanol–water partition coefficient (Wildman–Crippen LogP) is 1.62. The fourth-order valence-electron chi connectivity index (χ4n) is 1.01. The van der Waals surface area contributed by atoms with Gasteiger partial charge in [-0.25, -0.2) is 0 Å². The number of hydrogen-bond acceptors (Lipinski definition) is 2. The molecule has 2 heteroatoms. The van der Waals surface area contributed by atoms with Gasteiger partial charge in [0, 0.05) is 5.56 Å². The first-order valence-electron chi connectivity index (χ1n) is 3.85. The van der Waals surface area contributed by atoms with Crippen molar-refractivity contribution in [2.24, 2.45) is 0 Å². The molecule has 1 rings (SSSR count). The zero-order chi connectivity index (χ0) is 8.97. The van der Waals surface area contributed by atoms with E-state index in [0.29, 0.717) is 0 Å². The third kappa shape index (κ3) is 2.17. The molecule has 0 heterocycles. The van der Waals surface area contributed by atoms with E-state index in [1.807, 2.05) is 37.9 Å². The summed E-state index contributed by atoms with van der Waals surface area (Å²) in [6, 6.07) is 7.50. The minimum Gasteiger partial charge on any atom is -0.311 e. The topological polar surface area (TPSA) is 29.1 Å². The molecular weight excluding hydrogens is 150 g/mol. The lowest BCUT2D eigenvalue weighted by Gasteiger charge is -2.00. The first kappa shape index (κ1) is 8.94. The Morgan fingerprint density at radius 3 is 2.83 bits per heavy atom. The summed E-state index contributed by atoms with van der Waals surface area (Å²) in [5, 5.41) is 2.91. The first-order valence-corrected chi connectivity index (χ1v) is 3.85. The maximum absolute atomic E-state index is 11.0. The molecule has 0 atom stereocenters. The maximum Gasteiger partial charge on any atom is 0.159 e. The van der Waals surface area contributed by atoms with Crippen LogP contribution in [0, 0.1) is 6.54 Å². The van der Waals surface area contributed by atoms with Crippen LogP contribution in [0.5, 0.6) is 0 Å². The number of carbonyl (C=O) groups excluding carboxylic acids is 1. The highest BCUT2D eigenvalue weighted by Gasteiger charge is 1.98. The van der Waals surface area contributed by atoms with E-state index < -0.39 is 0 Å². The van der Waals surface area contributed by atoms with E-state index in [9.17, 15) is 4.79 Å². The first-order chi connectivity index (χ1) is 5.74. The van der Waals surface area contributed by atoms with Gasteiger partial charge in [0.05, 0.1) is 6.54 Å². The van der Waals surface area contributed by atoms with Crippen molar-refractivity contribution in [2.45, 2.75) is 6.92 Å². The van der Waals surface area contributed by atoms with E-state index in [2.05, 4.69) is 5.32 Å². The summed E-state index contributed by atoms with van der Waals surface area (Å²) in [5.41, 5.74) is 1.77. The molecule has 1 aromatic rings. The summed E-state index contributed by atoms with van der Waals surface area (Å²) >= 11 is 0. The zero-order valence-electron chi connectivity index (χ0n) is 7.29. The second kappa shape index (κ2) is 4.02. The van der Waals surface area contributed by atoms with Gasteiger partial charge >= 0.3 is 0 Å². The molecule has 0 aromatic heterocycles. The van der Waals surface area contributed by atoms with Crippen LogP contribution in [-0.4, -0.2) is 12.8 Å². The maximum atomic E-state index is 11.0. The van der Waals surface area contributed by atoms with Crippen LogP contribution in [0.25, 0.3) is 0 Å². The average Bonchev–Trinajstić information content (AvgIpc) is 2.05. The van der Waals surface area contributed by atoms with Crippen molar-refractivity contribution in [3.63, 3.8) is 0 Å². The van der Waals surface area contributed by atoms with Crippen molar-refractivity contribution >= 4 is 5.78 Å². The highest BCUT2D eigenvalue weighted by atomic mass is 16.1. The quantitative estimate of drug-likeness (QED) is 0.684. The SMILES string of the molecule is CN[CH]c1cccc(C(C)=O)c1. The van der Waals surface area contributed by atoms with Crippen LogP contribution < -0.4 is 5.32 Å². The number of ketones is 1. The molecule has 12 heavy (non-hydrogen) atoms. The zero-order valence-corrected chi connectivity index (χ0v) is 7.29. The lowest BCUT2D eigenvalue weighted by molar-refractivity contribution is 0.101. The average molecular weight is 162 g/mol. The Morgan fingerprint density at radius 1 is 1.50 bits per heavy atom. The molecule has 0 amide bonds. The Hall–Kier alpha value is -1.15. The summed E-state index contributed by atoms with van der Waals surface area (Å²) in [6.45, 7) is 3.42. The summed E-state index contributed by atoms with van der Waals surface area (Å²) < 4.78 is 0. The van der Waals surface area contributed by atoms with E-state index in [-0.39, 0.29) is 5.78 Å². The molecule has 0 saturated heterocycles. The smallest absolute Gasteiger partial charge is 0.159 e. The molecular formula is C10H12NO. The number of Topliss-reactive ketones (excluding diaryl/α,β-unsaturated/α-hetero) is 1. The molecule has 0 aliphatic carbocycles. The fourth-order valence-corrected chi connectivity index (χ4v) is 1.01. The third-order valence-corrected chi connectivity index (χ3v) is 1.60. The van der Waals surface area contributed by atoms with Gasteiger partial charge in [0.25, 0.3) is 0 Å². The number of rotatable bonds is 3. The number of hydrogen-bond donors (Lipinski definition) is 1. The summed E-state index contributed by atoms with van der Waals surface area (Å²) in [6.07, 6.45) is 0. The number of benzene rings is 1. The van der Waals surface area contributed by atoms with Crippen molar-refractivity contribution in [3.8, 4) is 0 Å². The van der Waals surface area contributed by atoms with E-state index >= 15 is 0 Å². The van der Waals surface area contributed by atoms with Crippen LogP contribution in [0.3, 0.4) is 0 Å². The minimum atomic E-state index is 0.0985. The van der Waals surface area contributed by atoms with Gasteiger partial charge in [-0.05, 0) is 25.6 Å². The Morgan fingerprint density at radius 2 is 2.25 bits per heavy atom. The normalized spacial score (nSPS) is 9.83. The highest BCUT2D eigenvalue weighted by molar-refractivity contribution is 5.94. The standard InChI is InChI=1S/C10H12NO/c1-8(12)10-5-3-4-9(6-10)7-11-2/h3-7,11H,1-2H3. The second-order valence-corrected chi connectivity index (χ2v) is 2.61. The summed E-state index contributed by atoms with van der Waals surface area (Å²) in [5.74, 6) is 0.0985. The van der Waals surface area contributed by atoms with Gasteiger partial charge < -0.3 is 5.32 Å². The molecule has 0 fully saturated rings. The molecule has 0 saturated carbocycles. The molecule has 0 bridgehead atoms. The van der Waals surface area contributed by atoms with Crippen LogP contribution in [0.15, 0.2) is 24.3 Å². The number of carbonyl (C=O) groups is 1.